The molecule has 4 nitrogen and oxygen atoms in total. The highest BCUT2D eigenvalue weighted by Crippen LogP contribution is 2.14. The van der Waals surface area contributed by atoms with E-state index in [1.54, 1.807) is 17.0 Å². The molecule has 0 unspecified atom stereocenters. The summed E-state index contributed by atoms with van der Waals surface area (Å²) >= 11 is 5.83. The normalized spacial score (nSPS) is 11.2. The Balaban J connectivity index is 2.72. The molecule has 1 rings (SSSR count). The summed E-state index contributed by atoms with van der Waals surface area (Å²) in [6, 6.07) is 7.37. The minimum Gasteiger partial charge on any atom is -0.444 e. The number of nitrogens with two attached hydrogens (primary N) is 1. The van der Waals surface area contributed by atoms with Crippen LogP contribution >= 0.6 is 11.6 Å². The zero-order valence-electron chi connectivity index (χ0n) is 11.6. The first-order chi connectivity index (χ1) is 8.81. The molecule has 0 fully saturated rings. The van der Waals surface area contributed by atoms with Gasteiger partial charge < -0.3 is 15.4 Å². The minimum atomic E-state index is -0.510. The number of rotatable bonds is 4. The molecule has 0 bridgehead atoms. The van der Waals surface area contributed by atoms with Gasteiger partial charge in [0, 0.05) is 24.7 Å². The van der Waals surface area contributed by atoms with Gasteiger partial charge in [-0.2, -0.15) is 0 Å². The van der Waals surface area contributed by atoms with Crippen LogP contribution in [0.2, 0.25) is 5.02 Å². The second-order valence-electron chi connectivity index (χ2n) is 5.32. The highest BCUT2D eigenvalue weighted by Gasteiger charge is 2.21. The standard InChI is InChI=1S/C14H21ClN2O2/c1-14(2,3)19-13(18)17(9-8-16)10-11-4-6-12(15)7-5-11/h4-7H,8-10,16H2,1-3H3. The number of ether oxygens (including phenoxy) is 1. The van der Waals surface area contributed by atoms with Crippen LogP contribution in [0.4, 0.5) is 4.79 Å². The third-order valence-electron chi connectivity index (χ3n) is 2.34. The number of hydrogen-bond donors (Lipinski definition) is 1. The molecule has 1 amide bonds. The number of nitrogens with zero attached hydrogens (tertiary/aromatic N) is 1. The molecule has 0 aliphatic carbocycles. The second-order valence-corrected chi connectivity index (χ2v) is 5.75. The molecule has 0 saturated carbocycles. The lowest BCUT2D eigenvalue weighted by Gasteiger charge is -2.27. The van der Waals surface area contributed by atoms with Gasteiger partial charge >= 0.3 is 6.09 Å². The Bertz CT molecular complexity index is 412. The first-order valence-electron chi connectivity index (χ1n) is 6.24. The van der Waals surface area contributed by atoms with Crippen LogP contribution in [0.3, 0.4) is 0 Å². The largest absolute Gasteiger partial charge is 0.444 e. The predicted octanol–water partition coefficient (Wildman–Crippen LogP) is 3.04. The number of hydrogen-bond acceptors (Lipinski definition) is 3. The monoisotopic (exact) mass is 284 g/mol. The topological polar surface area (TPSA) is 55.6 Å². The molecule has 0 spiro atoms. The SMILES string of the molecule is CC(C)(C)OC(=O)N(CCN)Cc1ccc(Cl)cc1. The Morgan fingerprint density at radius 3 is 2.37 bits per heavy atom. The highest BCUT2D eigenvalue weighted by molar-refractivity contribution is 6.30. The van der Waals surface area contributed by atoms with Crippen LogP contribution in [0.1, 0.15) is 26.3 Å². The van der Waals surface area contributed by atoms with E-state index in [2.05, 4.69) is 0 Å². The third-order valence-corrected chi connectivity index (χ3v) is 2.59. The Kier molecular flexibility index (Phi) is 5.63. The van der Waals surface area contributed by atoms with Crippen LogP contribution in [0.5, 0.6) is 0 Å². The second kappa shape index (κ2) is 6.78. The fourth-order valence-electron chi connectivity index (χ4n) is 1.53. The van der Waals surface area contributed by atoms with Crippen molar-refractivity contribution >= 4 is 17.7 Å². The van der Waals surface area contributed by atoms with Gasteiger partial charge in [0.2, 0.25) is 0 Å². The van der Waals surface area contributed by atoms with Crippen molar-refractivity contribution < 1.29 is 9.53 Å². The summed E-state index contributed by atoms with van der Waals surface area (Å²) in [7, 11) is 0. The van der Waals surface area contributed by atoms with Gasteiger partial charge in [-0.25, -0.2) is 4.79 Å². The molecular formula is C14H21ClN2O2. The smallest absolute Gasteiger partial charge is 0.410 e. The van der Waals surface area contributed by atoms with Crippen LogP contribution < -0.4 is 5.73 Å². The highest BCUT2D eigenvalue weighted by atomic mass is 35.5. The molecule has 0 aromatic heterocycles. The third kappa shape index (κ3) is 5.94. The molecule has 1 aromatic carbocycles. The van der Waals surface area contributed by atoms with Gasteiger partial charge in [-0.15, -0.1) is 0 Å². The summed E-state index contributed by atoms with van der Waals surface area (Å²) in [5, 5.41) is 0.673. The molecule has 2 N–H and O–H groups in total. The first kappa shape index (κ1) is 15.8. The predicted molar refractivity (Wildman–Crippen MR) is 77.2 cm³/mol. The maximum absolute atomic E-state index is 12.0. The molecule has 1 aromatic rings. The van der Waals surface area contributed by atoms with E-state index in [9.17, 15) is 4.79 Å². The van der Waals surface area contributed by atoms with Crippen molar-refractivity contribution in [1.82, 2.24) is 4.90 Å². The molecule has 106 valence electrons. The maximum Gasteiger partial charge on any atom is 0.410 e. The lowest BCUT2D eigenvalue weighted by molar-refractivity contribution is 0.0239. The Hall–Kier alpha value is -1.26. The molecule has 5 heteroatoms. The van der Waals surface area contributed by atoms with E-state index in [0.29, 0.717) is 24.7 Å². The summed E-state index contributed by atoms with van der Waals surface area (Å²) in [4.78, 5) is 13.6. The fourth-order valence-corrected chi connectivity index (χ4v) is 1.65. The molecule has 0 aliphatic heterocycles. The molecule has 0 saturated heterocycles. The van der Waals surface area contributed by atoms with E-state index < -0.39 is 5.60 Å². The lowest BCUT2D eigenvalue weighted by Crippen LogP contribution is -2.39. The van der Waals surface area contributed by atoms with Crippen molar-refractivity contribution in [3.05, 3.63) is 34.9 Å². The van der Waals surface area contributed by atoms with Crippen molar-refractivity contribution in [3.8, 4) is 0 Å². The first-order valence-corrected chi connectivity index (χ1v) is 6.62. The van der Waals surface area contributed by atoms with Gasteiger partial charge in [0.15, 0.2) is 0 Å². The zero-order valence-corrected chi connectivity index (χ0v) is 12.4. The molecule has 0 heterocycles. The quantitative estimate of drug-likeness (QED) is 0.924. The van der Waals surface area contributed by atoms with Crippen molar-refractivity contribution in [2.75, 3.05) is 13.1 Å². The van der Waals surface area contributed by atoms with Gasteiger partial charge in [0.1, 0.15) is 5.60 Å². The Labute approximate surface area is 119 Å². The zero-order chi connectivity index (χ0) is 14.5. The van der Waals surface area contributed by atoms with E-state index in [-0.39, 0.29) is 6.09 Å². The van der Waals surface area contributed by atoms with Gasteiger partial charge in [-0.3, -0.25) is 0 Å². The van der Waals surface area contributed by atoms with E-state index >= 15 is 0 Å². The van der Waals surface area contributed by atoms with E-state index in [1.807, 2.05) is 32.9 Å². The van der Waals surface area contributed by atoms with Crippen LogP contribution in [0.25, 0.3) is 0 Å². The number of carbonyl (C=O) groups excluding carboxylic acids is 1. The number of amides is 1. The van der Waals surface area contributed by atoms with Gasteiger partial charge in [0.25, 0.3) is 0 Å². The summed E-state index contributed by atoms with van der Waals surface area (Å²) < 4.78 is 5.35. The maximum atomic E-state index is 12.0. The molecule has 19 heavy (non-hydrogen) atoms. The lowest BCUT2D eigenvalue weighted by atomic mass is 10.2. The molecule has 0 radical (unpaired) electrons. The van der Waals surface area contributed by atoms with Crippen LogP contribution in [-0.2, 0) is 11.3 Å². The fraction of sp³-hybridized carbons (Fsp3) is 0.500. The summed E-state index contributed by atoms with van der Waals surface area (Å²) in [6.45, 7) is 6.84. The van der Waals surface area contributed by atoms with Crippen LogP contribution in [0, 0.1) is 0 Å². The van der Waals surface area contributed by atoms with Gasteiger partial charge in [-0.1, -0.05) is 23.7 Å². The summed E-state index contributed by atoms with van der Waals surface area (Å²) in [6.07, 6.45) is -0.354. The van der Waals surface area contributed by atoms with E-state index in [0.717, 1.165) is 5.56 Å². The van der Waals surface area contributed by atoms with Crippen LogP contribution in [-0.4, -0.2) is 29.7 Å². The minimum absolute atomic E-state index is 0.354. The van der Waals surface area contributed by atoms with Crippen molar-refractivity contribution in [2.24, 2.45) is 5.73 Å². The van der Waals surface area contributed by atoms with Gasteiger partial charge in [0.05, 0.1) is 0 Å². The average Bonchev–Trinajstić information content (AvgIpc) is 2.29. The summed E-state index contributed by atoms with van der Waals surface area (Å²) in [5.41, 5.74) is 6.02. The van der Waals surface area contributed by atoms with Crippen molar-refractivity contribution in [2.45, 2.75) is 32.9 Å². The number of halogens is 1. The van der Waals surface area contributed by atoms with E-state index in [1.165, 1.54) is 0 Å². The summed E-state index contributed by atoms with van der Waals surface area (Å²) in [5.74, 6) is 0. The van der Waals surface area contributed by atoms with Crippen molar-refractivity contribution in [1.29, 1.82) is 0 Å². The molecule has 0 atom stereocenters. The van der Waals surface area contributed by atoms with E-state index in [4.69, 9.17) is 22.1 Å². The van der Waals surface area contributed by atoms with Gasteiger partial charge in [-0.05, 0) is 38.5 Å². The molecule has 0 aliphatic rings. The average molecular weight is 285 g/mol. The van der Waals surface area contributed by atoms with Crippen LogP contribution in [0.15, 0.2) is 24.3 Å². The Morgan fingerprint density at radius 1 is 1.32 bits per heavy atom. The number of carbonyl (C=O) groups is 1. The Morgan fingerprint density at radius 2 is 1.89 bits per heavy atom. The number of benzene rings is 1. The molecular weight excluding hydrogens is 264 g/mol. The van der Waals surface area contributed by atoms with Crippen molar-refractivity contribution in [3.63, 3.8) is 0 Å².